The molecule has 1 heterocycles. The van der Waals surface area contributed by atoms with Crippen LogP contribution in [-0.4, -0.2) is 58.1 Å². The van der Waals surface area contributed by atoms with Crippen molar-refractivity contribution in [3.8, 4) is 5.75 Å². The minimum absolute atomic E-state index is 0.0687. The monoisotopic (exact) mass is 426 g/mol. The Labute approximate surface area is 170 Å². The fraction of sp³-hybridized carbons (Fsp3) is 0.500. The molecule has 10 nitrogen and oxygen atoms in total. The molecule has 0 saturated carbocycles. The van der Waals surface area contributed by atoms with Crippen LogP contribution < -0.4 is 25.0 Å². The Bertz CT molecular complexity index is 884. The third-order valence-electron chi connectivity index (χ3n) is 4.12. The van der Waals surface area contributed by atoms with E-state index in [0.717, 1.165) is 6.42 Å². The predicted molar refractivity (Wildman–Crippen MR) is 108 cm³/mol. The normalized spacial score (nSPS) is 15.5. The van der Waals surface area contributed by atoms with Crippen molar-refractivity contribution in [2.75, 3.05) is 35.6 Å². The van der Waals surface area contributed by atoms with E-state index in [9.17, 15) is 22.8 Å². The fourth-order valence-electron chi connectivity index (χ4n) is 2.82. The van der Waals surface area contributed by atoms with Crippen LogP contribution in [0.25, 0.3) is 0 Å². The third-order valence-corrected chi connectivity index (χ3v) is 5.98. The fourth-order valence-corrected chi connectivity index (χ4v) is 4.47. The first kappa shape index (κ1) is 22.5. The van der Waals surface area contributed by atoms with E-state index in [1.54, 1.807) is 13.8 Å². The SMILES string of the molecule is COc1cc(NC(=O)C(=O)NCC(=O)NC(C)C)ccc1N1CCCCS1(=O)=O. The van der Waals surface area contributed by atoms with Crippen LogP contribution in [0.15, 0.2) is 18.2 Å². The highest BCUT2D eigenvalue weighted by molar-refractivity contribution is 7.92. The molecule has 0 aliphatic carbocycles. The average Bonchev–Trinajstić information content (AvgIpc) is 2.65. The number of anilines is 2. The molecule has 2 rings (SSSR count). The van der Waals surface area contributed by atoms with Crippen molar-refractivity contribution in [2.45, 2.75) is 32.7 Å². The molecule has 1 aliphatic heterocycles. The number of hydrogen-bond acceptors (Lipinski definition) is 6. The summed E-state index contributed by atoms with van der Waals surface area (Å²) in [6.07, 6.45) is 1.35. The lowest BCUT2D eigenvalue weighted by Gasteiger charge is -2.29. The van der Waals surface area contributed by atoms with Crippen molar-refractivity contribution >= 4 is 39.1 Å². The molecule has 11 heteroatoms. The molecule has 1 fully saturated rings. The van der Waals surface area contributed by atoms with Crippen LogP contribution in [0.1, 0.15) is 26.7 Å². The molecule has 0 bridgehead atoms. The first-order chi connectivity index (χ1) is 13.6. The van der Waals surface area contributed by atoms with Crippen LogP contribution in [0.2, 0.25) is 0 Å². The first-order valence-corrected chi connectivity index (χ1v) is 10.8. The minimum atomic E-state index is -3.42. The summed E-state index contributed by atoms with van der Waals surface area (Å²) in [6, 6.07) is 4.36. The number of amides is 3. The van der Waals surface area contributed by atoms with Gasteiger partial charge in [-0.25, -0.2) is 8.42 Å². The van der Waals surface area contributed by atoms with Gasteiger partial charge in [0.15, 0.2) is 0 Å². The molecule has 3 N–H and O–H groups in total. The van der Waals surface area contributed by atoms with Crippen LogP contribution in [0, 0.1) is 0 Å². The largest absolute Gasteiger partial charge is 0.494 e. The Hall–Kier alpha value is -2.82. The van der Waals surface area contributed by atoms with Gasteiger partial charge in [-0.15, -0.1) is 0 Å². The number of nitrogens with zero attached hydrogens (tertiary/aromatic N) is 1. The molecule has 1 saturated heterocycles. The standard InChI is InChI=1S/C18H26N4O6S/c1-12(2)20-16(23)11-19-17(24)18(25)21-13-6-7-14(15(10-13)28-3)22-8-4-5-9-29(22,26)27/h6-7,10,12H,4-5,8-9,11H2,1-3H3,(H,19,24)(H,20,23)(H,21,25). The van der Waals surface area contributed by atoms with Crippen molar-refractivity contribution in [3.63, 3.8) is 0 Å². The quantitative estimate of drug-likeness (QED) is 0.557. The summed E-state index contributed by atoms with van der Waals surface area (Å²) < 4.78 is 31.2. The van der Waals surface area contributed by atoms with Crippen LogP contribution in [-0.2, 0) is 24.4 Å². The summed E-state index contributed by atoms with van der Waals surface area (Å²) in [5.74, 6) is -2.01. The number of hydrogen-bond donors (Lipinski definition) is 3. The highest BCUT2D eigenvalue weighted by Crippen LogP contribution is 2.34. The topological polar surface area (TPSA) is 134 Å². The molecule has 0 aromatic heterocycles. The van der Waals surface area contributed by atoms with Gasteiger partial charge in [-0.05, 0) is 38.8 Å². The second-order valence-corrected chi connectivity index (χ2v) is 8.85. The second-order valence-electron chi connectivity index (χ2n) is 6.84. The van der Waals surface area contributed by atoms with E-state index in [0.29, 0.717) is 18.7 Å². The molecule has 0 unspecified atom stereocenters. The van der Waals surface area contributed by atoms with Gasteiger partial charge in [0, 0.05) is 24.3 Å². The van der Waals surface area contributed by atoms with Gasteiger partial charge in [-0.2, -0.15) is 0 Å². The smallest absolute Gasteiger partial charge is 0.313 e. The molecule has 1 aliphatic rings. The van der Waals surface area contributed by atoms with Gasteiger partial charge >= 0.3 is 11.8 Å². The molecule has 3 amide bonds. The maximum atomic E-state index is 12.3. The van der Waals surface area contributed by atoms with E-state index < -0.39 is 27.7 Å². The van der Waals surface area contributed by atoms with Crippen molar-refractivity contribution in [1.82, 2.24) is 10.6 Å². The van der Waals surface area contributed by atoms with Crippen LogP contribution in [0.3, 0.4) is 0 Å². The first-order valence-electron chi connectivity index (χ1n) is 9.21. The molecule has 29 heavy (non-hydrogen) atoms. The summed E-state index contributed by atoms with van der Waals surface area (Å²) in [4.78, 5) is 35.4. The summed E-state index contributed by atoms with van der Waals surface area (Å²) in [6.45, 7) is 3.59. The average molecular weight is 426 g/mol. The van der Waals surface area contributed by atoms with Gasteiger partial charge in [0.25, 0.3) is 0 Å². The number of nitrogens with one attached hydrogen (secondary N) is 3. The van der Waals surface area contributed by atoms with Crippen molar-refractivity contribution in [1.29, 1.82) is 0 Å². The zero-order chi connectivity index (χ0) is 21.6. The molecule has 0 spiro atoms. The number of carbonyl (C=O) groups is 3. The lowest BCUT2D eigenvalue weighted by atomic mass is 10.2. The maximum absolute atomic E-state index is 12.3. The molecular formula is C18H26N4O6S. The van der Waals surface area contributed by atoms with Crippen LogP contribution in [0.4, 0.5) is 11.4 Å². The Morgan fingerprint density at radius 3 is 2.52 bits per heavy atom. The van der Waals surface area contributed by atoms with Crippen molar-refractivity contribution < 1.29 is 27.5 Å². The molecule has 1 aromatic carbocycles. The number of carbonyl (C=O) groups excluding carboxylic acids is 3. The lowest BCUT2D eigenvalue weighted by Crippen LogP contribution is -2.43. The van der Waals surface area contributed by atoms with Gasteiger partial charge in [0.05, 0.1) is 25.1 Å². The van der Waals surface area contributed by atoms with E-state index in [-0.39, 0.29) is 29.8 Å². The number of rotatable bonds is 6. The number of benzene rings is 1. The summed E-state index contributed by atoms with van der Waals surface area (Å²) in [5, 5.41) is 7.22. The van der Waals surface area contributed by atoms with Gasteiger partial charge in [-0.1, -0.05) is 0 Å². The van der Waals surface area contributed by atoms with E-state index >= 15 is 0 Å². The van der Waals surface area contributed by atoms with E-state index in [4.69, 9.17) is 4.74 Å². The second kappa shape index (κ2) is 9.59. The minimum Gasteiger partial charge on any atom is -0.494 e. The summed E-state index contributed by atoms with van der Waals surface area (Å²) >= 11 is 0. The highest BCUT2D eigenvalue weighted by Gasteiger charge is 2.28. The predicted octanol–water partition coefficient (Wildman–Crippen LogP) is 0.205. The van der Waals surface area contributed by atoms with E-state index in [1.165, 1.54) is 29.6 Å². The van der Waals surface area contributed by atoms with Gasteiger partial charge in [0.1, 0.15) is 5.75 Å². The van der Waals surface area contributed by atoms with Crippen LogP contribution in [0.5, 0.6) is 5.75 Å². The third kappa shape index (κ3) is 6.08. The Balaban J connectivity index is 2.05. The lowest BCUT2D eigenvalue weighted by molar-refractivity contribution is -0.136. The Kier molecular flexibility index (Phi) is 7.43. The van der Waals surface area contributed by atoms with Crippen molar-refractivity contribution in [2.24, 2.45) is 0 Å². The van der Waals surface area contributed by atoms with Crippen LogP contribution >= 0.6 is 0 Å². The van der Waals surface area contributed by atoms with Gasteiger partial charge in [0.2, 0.25) is 15.9 Å². The summed E-state index contributed by atoms with van der Waals surface area (Å²) in [7, 11) is -2.03. The molecular weight excluding hydrogens is 400 g/mol. The molecule has 160 valence electrons. The zero-order valence-electron chi connectivity index (χ0n) is 16.6. The number of methoxy groups -OCH3 is 1. The maximum Gasteiger partial charge on any atom is 0.313 e. The summed E-state index contributed by atoms with van der Waals surface area (Å²) in [5.41, 5.74) is 0.631. The van der Waals surface area contributed by atoms with E-state index in [1.807, 2.05) is 0 Å². The highest BCUT2D eigenvalue weighted by atomic mass is 32.2. The van der Waals surface area contributed by atoms with E-state index in [2.05, 4.69) is 16.0 Å². The molecule has 0 atom stereocenters. The zero-order valence-corrected chi connectivity index (χ0v) is 17.5. The number of ether oxygens (including phenoxy) is 1. The van der Waals surface area contributed by atoms with Gasteiger partial charge < -0.3 is 20.7 Å². The molecule has 1 aromatic rings. The Morgan fingerprint density at radius 1 is 1.17 bits per heavy atom. The number of sulfonamides is 1. The van der Waals surface area contributed by atoms with Gasteiger partial charge in [-0.3, -0.25) is 18.7 Å². The van der Waals surface area contributed by atoms with Crippen molar-refractivity contribution in [3.05, 3.63) is 18.2 Å². The Morgan fingerprint density at radius 2 is 1.90 bits per heavy atom. The molecule has 0 radical (unpaired) electrons.